The number of nitrogens with zero attached hydrogens (tertiary/aromatic N) is 2. The summed E-state index contributed by atoms with van der Waals surface area (Å²) in [5, 5.41) is 7.56. The van der Waals surface area contributed by atoms with Gasteiger partial charge in [0.1, 0.15) is 0 Å². The molecule has 0 aliphatic carbocycles. The van der Waals surface area contributed by atoms with Crippen molar-refractivity contribution in [3.05, 3.63) is 29.3 Å². The van der Waals surface area contributed by atoms with Crippen molar-refractivity contribution in [1.82, 2.24) is 15.1 Å². The van der Waals surface area contributed by atoms with E-state index in [1.54, 1.807) is 6.07 Å². The minimum atomic E-state index is -0.0457. The van der Waals surface area contributed by atoms with Gasteiger partial charge in [0.15, 0.2) is 5.11 Å². The Morgan fingerprint density at radius 1 is 1.22 bits per heavy atom. The van der Waals surface area contributed by atoms with Crippen LogP contribution in [0.3, 0.4) is 0 Å². The van der Waals surface area contributed by atoms with Crippen molar-refractivity contribution in [3.63, 3.8) is 0 Å². The van der Waals surface area contributed by atoms with Crippen molar-refractivity contribution in [3.8, 4) is 0 Å². The van der Waals surface area contributed by atoms with Crippen molar-refractivity contribution in [2.24, 2.45) is 0 Å². The molecule has 2 aliphatic heterocycles. The summed E-state index contributed by atoms with van der Waals surface area (Å²) in [4.78, 5) is 16.7. The number of hydrogen-bond donors (Lipinski definition) is 2. The Balaban J connectivity index is 1.41. The zero-order valence-corrected chi connectivity index (χ0v) is 17.0. The molecule has 2 heterocycles. The zero-order valence-electron chi connectivity index (χ0n) is 15.5. The molecule has 1 aromatic carbocycles. The summed E-state index contributed by atoms with van der Waals surface area (Å²) in [5.41, 5.74) is 0.653. The minimum absolute atomic E-state index is 0.0457. The van der Waals surface area contributed by atoms with Gasteiger partial charge in [0.05, 0.1) is 23.4 Å². The van der Waals surface area contributed by atoms with Crippen LogP contribution in [0.4, 0.5) is 5.69 Å². The second-order valence-corrected chi connectivity index (χ2v) is 7.76. The first kappa shape index (κ1) is 20.3. The molecule has 6 nitrogen and oxygen atoms in total. The normalized spacial score (nSPS) is 20.9. The van der Waals surface area contributed by atoms with Crippen LogP contribution in [-0.2, 0) is 9.53 Å². The molecule has 1 unspecified atom stereocenters. The van der Waals surface area contributed by atoms with E-state index >= 15 is 0 Å². The third-order valence-electron chi connectivity index (χ3n) is 4.90. The number of nitrogens with one attached hydrogen (secondary N) is 2. The van der Waals surface area contributed by atoms with Gasteiger partial charge in [-0.25, -0.2) is 0 Å². The summed E-state index contributed by atoms with van der Waals surface area (Å²) in [6.07, 6.45) is 3.49. The van der Waals surface area contributed by atoms with Crippen LogP contribution in [-0.4, -0.2) is 72.8 Å². The highest BCUT2D eigenvalue weighted by atomic mass is 35.5. The van der Waals surface area contributed by atoms with E-state index in [0.717, 1.165) is 63.7 Å². The molecular formula is C19H27ClN4O2S. The molecule has 0 spiro atoms. The Hall–Kier alpha value is -1.41. The van der Waals surface area contributed by atoms with Crippen molar-refractivity contribution in [1.29, 1.82) is 0 Å². The fraction of sp³-hybridized carbons (Fsp3) is 0.579. The predicted octanol–water partition coefficient (Wildman–Crippen LogP) is 2.34. The van der Waals surface area contributed by atoms with Gasteiger partial charge in [0, 0.05) is 39.3 Å². The van der Waals surface area contributed by atoms with Gasteiger partial charge in [-0.15, -0.1) is 0 Å². The van der Waals surface area contributed by atoms with Crippen molar-refractivity contribution < 1.29 is 9.53 Å². The highest BCUT2D eigenvalue weighted by Gasteiger charge is 2.20. The lowest BCUT2D eigenvalue weighted by molar-refractivity contribution is -0.117. The van der Waals surface area contributed by atoms with Crippen LogP contribution in [0.15, 0.2) is 24.3 Å². The zero-order chi connectivity index (χ0) is 19.1. The summed E-state index contributed by atoms with van der Waals surface area (Å²) in [6, 6.07) is 7.28. The lowest BCUT2D eigenvalue weighted by Crippen LogP contribution is -2.44. The van der Waals surface area contributed by atoms with Crippen molar-refractivity contribution in [2.45, 2.75) is 25.4 Å². The number of ether oxygens (including phenoxy) is 1. The topological polar surface area (TPSA) is 56.8 Å². The number of halogens is 1. The summed E-state index contributed by atoms with van der Waals surface area (Å²) in [7, 11) is 0. The molecular weight excluding hydrogens is 384 g/mol. The van der Waals surface area contributed by atoms with E-state index in [1.807, 2.05) is 18.2 Å². The van der Waals surface area contributed by atoms with E-state index in [2.05, 4.69) is 20.4 Å². The molecule has 0 radical (unpaired) electrons. The smallest absolute Gasteiger partial charge is 0.238 e. The monoisotopic (exact) mass is 410 g/mol. The number of amides is 1. The highest BCUT2D eigenvalue weighted by molar-refractivity contribution is 7.80. The second kappa shape index (κ2) is 10.2. The minimum Gasteiger partial charge on any atom is -0.376 e. The third kappa shape index (κ3) is 6.31. The Kier molecular flexibility index (Phi) is 7.70. The van der Waals surface area contributed by atoms with E-state index in [4.69, 9.17) is 28.6 Å². The molecule has 148 valence electrons. The number of rotatable bonds is 5. The molecule has 0 saturated carbocycles. The predicted molar refractivity (Wildman–Crippen MR) is 112 cm³/mol. The first-order valence-electron chi connectivity index (χ1n) is 9.53. The molecule has 2 N–H and O–H groups in total. The number of para-hydroxylation sites is 1. The number of benzene rings is 1. The second-order valence-electron chi connectivity index (χ2n) is 6.97. The van der Waals surface area contributed by atoms with Gasteiger partial charge in [-0.2, -0.15) is 0 Å². The maximum atomic E-state index is 12.3. The summed E-state index contributed by atoms with van der Waals surface area (Å²) in [5.74, 6) is -0.0457. The number of hydrogen-bond acceptors (Lipinski definition) is 4. The molecule has 2 aliphatic rings. The SMILES string of the molecule is O=C(CN1CCCN(C(=S)NCC2CCCO2)CC1)Nc1ccccc1Cl. The third-order valence-corrected chi connectivity index (χ3v) is 5.63. The van der Waals surface area contributed by atoms with Gasteiger partial charge < -0.3 is 20.3 Å². The highest BCUT2D eigenvalue weighted by Crippen LogP contribution is 2.20. The largest absolute Gasteiger partial charge is 0.376 e. The average molecular weight is 411 g/mol. The lowest BCUT2D eigenvalue weighted by Gasteiger charge is -2.25. The molecule has 1 atom stereocenters. The van der Waals surface area contributed by atoms with Crippen LogP contribution < -0.4 is 10.6 Å². The van der Waals surface area contributed by atoms with Crippen molar-refractivity contribution >= 4 is 40.5 Å². The quantitative estimate of drug-likeness (QED) is 0.727. The first-order chi connectivity index (χ1) is 13.1. The molecule has 0 aromatic heterocycles. The van der Waals surface area contributed by atoms with E-state index in [1.165, 1.54) is 0 Å². The number of anilines is 1. The molecule has 0 bridgehead atoms. The fourth-order valence-corrected chi connectivity index (χ4v) is 3.85. The molecule has 2 saturated heterocycles. The van der Waals surface area contributed by atoms with E-state index in [-0.39, 0.29) is 12.0 Å². The fourth-order valence-electron chi connectivity index (χ4n) is 3.41. The van der Waals surface area contributed by atoms with Gasteiger partial charge >= 0.3 is 0 Å². The van der Waals surface area contributed by atoms with Crippen LogP contribution in [0.1, 0.15) is 19.3 Å². The Bertz CT molecular complexity index is 654. The van der Waals surface area contributed by atoms with Crippen LogP contribution in [0.2, 0.25) is 5.02 Å². The Morgan fingerprint density at radius 2 is 2.07 bits per heavy atom. The van der Waals surface area contributed by atoms with Crippen molar-refractivity contribution in [2.75, 3.05) is 51.2 Å². The van der Waals surface area contributed by atoms with Gasteiger partial charge in [0.25, 0.3) is 0 Å². The van der Waals surface area contributed by atoms with Gasteiger partial charge in [0.2, 0.25) is 5.91 Å². The Labute approximate surface area is 171 Å². The maximum absolute atomic E-state index is 12.3. The standard InChI is InChI=1S/C19H27ClN4O2S/c20-16-6-1-2-7-17(16)22-18(25)14-23-8-4-9-24(11-10-23)19(27)21-13-15-5-3-12-26-15/h1-2,6-7,15H,3-5,8-14H2,(H,21,27)(H,22,25). The summed E-state index contributed by atoms with van der Waals surface area (Å²) >= 11 is 11.6. The number of thiocarbonyl (C=S) groups is 1. The van der Waals surface area contributed by atoms with Gasteiger partial charge in [-0.1, -0.05) is 23.7 Å². The molecule has 3 rings (SSSR count). The van der Waals surface area contributed by atoms with Gasteiger partial charge in [-0.3, -0.25) is 9.69 Å². The van der Waals surface area contributed by atoms with E-state index < -0.39 is 0 Å². The molecule has 8 heteroatoms. The first-order valence-corrected chi connectivity index (χ1v) is 10.3. The Morgan fingerprint density at radius 3 is 2.85 bits per heavy atom. The number of carbonyl (C=O) groups excluding carboxylic acids is 1. The number of carbonyl (C=O) groups is 1. The molecule has 1 amide bonds. The van der Waals surface area contributed by atoms with E-state index in [0.29, 0.717) is 17.3 Å². The van der Waals surface area contributed by atoms with Crippen LogP contribution >= 0.6 is 23.8 Å². The molecule has 27 heavy (non-hydrogen) atoms. The van der Waals surface area contributed by atoms with Gasteiger partial charge in [-0.05, 0) is 43.6 Å². The maximum Gasteiger partial charge on any atom is 0.238 e. The molecule has 2 fully saturated rings. The summed E-state index contributed by atoms with van der Waals surface area (Å²) < 4.78 is 5.63. The average Bonchev–Trinajstić information content (AvgIpc) is 3.07. The van der Waals surface area contributed by atoms with Crippen LogP contribution in [0.5, 0.6) is 0 Å². The van der Waals surface area contributed by atoms with E-state index in [9.17, 15) is 4.79 Å². The van der Waals surface area contributed by atoms with Crippen LogP contribution in [0, 0.1) is 0 Å². The molecule has 1 aromatic rings. The van der Waals surface area contributed by atoms with Crippen LogP contribution in [0.25, 0.3) is 0 Å². The summed E-state index contributed by atoms with van der Waals surface area (Å²) in [6.45, 7) is 5.39. The lowest BCUT2D eigenvalue weighted by atomic mass is 10.2.